The van der Waals surface area contributed by atoms with Crippen LogP contribution in [0.4, 0.5) is 0 Å². The summed E-state index contributed by atoms with van der Waals surface area (Å²) in [5, 5.41) is 11.4. The van der Waals surface area contributed by atoms with Crippen molar-refractivity contribution in [2.24, 2.45) is 17.9 Å². The molecule has 0 aliphatic carbocycles. The number of hydrogen-bond donors (Lipinski definition) is 2. The van der Waals surface area contributed by atoms with Crippen molar-refractivity contribution < 1.29 is 5.21 Å². The van der Waals surface area contributed by atoms with E-state index in [4.69, 9.17) is 10.9 Å². The van der Waals surface area contributed by atoms with Crippen molar-refractivity contribution in [2.45, 2.75) is 6.42 Å². The van der Waals surface area contributed by atoms with Crippen molar-refractivity contribution in [3.05, 3.63) is 30.1 Å². The van der Waals surface area contributed by atoms with Crippen molar-refractivity contribution in [2.75, 3.05) is 0 Å². The highest BCUT2D eigenvalue weighted by atomic mass is 16.4. The summed E-state index contributed by atoms with van der Waals surface area (Å²) in [4.78, 5) is 4.23. The number of hydrogen-bond acceptors (Lipinski definition) is 3. The molecule has 1 heterocycles. The number of amidine groups is 1. The minimum atomic E-state index is 0.199. The highest BCUT2D eigenvalue weighted by Crippen LogP contribution is 2.14. The summed E-state index contributed by atoms with van der Waals surface area (Å²) in [6, 6.07) is 5.86. The average molecular weight is 204 g/mol. The molecule has 1 aromatic heterocycles. The molecule has 78 valence electrons. The number of nitrogens with two attached hydrogens (primary N) is 1. The van der Waals surface area contributed by atoms with Crippen molar-refractivity contribution in [3.8, 4) is 0 Å². The lowest BCUT2D eigenvalue weighted by molar-refractivity contribution is 0.317. The molecule has 0 spiro atoms. The van der Waals surface area contributed by atoms with Crippen LogP contribution in [0.2, 0.25) is 0 Å². The minimum absolute atomic E-state index is 0.199. The highest BCUT2D eigenvalue weighted by Gasteiger charge is 2.02. The lowest BCUT2D eigenvalue weighted by Crippen LogP contribution is -2.14. The number of fused-ring (bicyclic) bond motifs is 1. The SMILES string of the molecule is Cn1cnc2cc(C/C(N)=N/O)ccc21. The Morgan fingerprint density at radius 1 is 1.60 bits per heavy atom. The summed E-state index contributed by atoms with van der Waals surface area (Å²) in [5.74, 6) is 0.199. The molecular weight excluding hydrogens is 192 g/mol. The van der Waals surface area contributed by atoms with E-state index in [1.165, 1.54) is 0 Å². The molecule has 15 heavy (non-hydrogen) atoms. The van der Waals surface area contributed by atoms with Gasteiger partial charge in [0.2, 0.25) is 0 Å². The molecule has 0 radical (unpaired) electrons. The van der Waals surface area contributed by atoms with Gasteiger partial charge in [-0.1, -0.05) is 11.2 Å². The maximum absolute atomic E-state index is 8.46. The molecule has 0 bridgehead atoms. The van der Waals surface area contributed by atoms with E-state index in [2.05, 4.69) is 10.1 Å². The van der Waals surface area contributed by atoms with Crippen LogP contribution >= 0.6 is 0 Å². The third kappa shape index (κ3) is 1.76. The molecule has 1 aromatic carbocycles. The fraction of sp³-hybridized carbons (Fsp3) is 0.200. The Morgan fingerprint density at radius 2 is 2.40 bits per heavy atom. The third-order valence-corrected chi connectivity index (χ3v) is 2.30. The maximum Gasteiger partial charge on any atom is 0.143 e. The van der Waals surface area contributed by atoms with E-state index in [0.29, 0.717) is 6.42 Å². The normalized spacial score (nSPS) is 12.2. The van der Waals surface area contributed by atoms with Gasteiger partial charge in [0.15, 0.2) is 0 Å². The number of imidazole rings is 1. The first-order valence-electron chi connectivity index (χ1n) is 4.57. The number of nitrogens with zero attached hydrogens (tertiary/aromatic N) is 3. The molecule has 5 heteroatoms. The molecule has 5 nitrogen and oxygen atoms in total. The summed E-state index contributed by atoms with van der Waals surface area (Å²) >= 11 is 0. The van der Waals surface area contributed by atoms with E-state index in [9.17, 15) is 0 Å². The second kappa shape index (κ2) is 3.61. The molecule has 2 rings (SSSR count). The van der Waals surface area contributed by atoms with Crippen LogP contribution in [0, 0.1) is 0 Å². The van der Waals surface area contributed by atoms with Crippen molar-refractivity contribution in [3.63, 3.8) is 0 Å². The molecule has 0 unspecified atom stereocenters. The van der Waals surface area contributed by atoms with Crippen molar-refractivity contribution >= 4 is 16.9 Å². The van der Waals surface area contributed by atoms with Gasteiger partial charge in [-0.05, 0) is 17.7 Å². The Kier molecular flexibility index (Phi) is 2.29. The number of oxime groups is 1. The predicted octanol–water partition coefficient (Wildman–Crippen LogP) is 0.862. The van der Waals surface area contributed by atoms with E-state index in [-0.39, 0.29) is 5.84 Å². The van der Waals surface area contributed by atoms with Gasteiger partial charge >= 0.3 is 0 Å². The summed E-state index contributed by atoms with van der Waals surface area (Å²) in [7, 11) is 1.94. The first-order valence-corrected chi connectivity index (χ1v) is 4.57. The quantitative estimate of drug-likeness (QED) is 0.330. The van der Waals surface area contributed by atoms with Crippen LogP contribution in [-0.2, 0) is 13.5 Å². The zero-order valence-corrected chi connectivity index (χ0v) is 8.38. The molecule has 0 atom stereocenters. The van der Waals surface area contributed by atoms with Crippen molar-refractivity contribution in [1.29, 1.82) is 0 Å². The first-order chi connectivity index (χ1) is 7.20. The van der Waals surface area contributed by atoms with Crippen LogP contribution in [0.15, 0.2) is 29.7 Å². The fourth-order valence-corrected chi connectivity index (χ4v) is 1.54. The summed E-state index contributed by atoms with van der Waals surface area (Å²) in [6.07, 6.45) is 2.20. The number of benzene rings is 1. The highest BCUT2D eigenvalue weighted by molar-refractivity contribution is 5.84. The maximum atomic E-state index is 8.46. The van der Waals surface area contributed by atoms with Gasteiger partial charge in [0.1, 0.15) is 5.84 Å². The third-order valence-electron chi connectivity index (χ3n) is 2.30. The van der Waals surface area contributed by atoms with Crippen molar-refractivity contribution in [1.82, 2.24) is 9.55 Å². The van der Waals surface area contributed by atoms with Gasteiger partial charge in [-0.15, -0.1) is 0 Å². The molecule has 2 aromatic rings. The summed E-state index contributed by atoms with van der Waals surface area (Å²) < 4.78 is 1.95. The molecule has 0 aliphatic rings. The van der Waals surface area contributed by atoms with E-state index >= 15 is 0 Å². The largest absolute Gasteiger partial charge is 0.409 e. The average Bonchev–Trinajstić information content (AvgIpc) is 2.60. The molecule has 0 fully saturated rings. The molecule has 3 N–H and O–H groups in total. The summed E-state index contributed by atoms with van der Waals surface area (Å²) in [5.41, 5.74) is 8.40. The molecule has 0 aliphatic heterocycles. The second-order valence-electron chi connectivity index (χ2n) is 3.45. The van der Waals surface area contributed by atoms with Gasteiger partial charge in [0.25, 0.3) is 0 Å². The monoisotopic (exact) mass is 204 g/mol. The topological polar surface area (TPSA) is 76.4 Å². The molecule has 0 amide bonds. The lowest BCUT2D eigenvalue weighted by Gasteiger charge is -2.00. The Morgan fingerprint density at radius 3 is 3.13 bits per heavy atom. The number of aromatic nitrogens is 2. The van der Waals surface area contributed by atoms with Crippen LogP contribution in [0.1, 0.15) is 5.56 Å². The minimum Gasteiger partial charge on any atom is -0.409 e. The van der Waals surface area contributed by atoms with E-state index < -0.39 is 0 Å². The number of aryl methyl sites for hydroxylation is 1. The molecule has 0 saturated carbocycles. The Bertz CT molecular complexity index is 515. The standard InChI is InChI=1S/C10H12N4O/c1-14-6-12-8-4-7(2-3-9(8)14)5-10(11)13-15/h2-4,6,15H,5H2,1H3,(H2,11,13). The predicted molar refractivity (Wildman–Crippen MR) is 57.8 cm³/mol. The van der Waals surface area contributed by atoms with Crippen LogP contribution in [0.3, 0.4) is 0 Å². The fourth-order valence-electron chi connectivity index (χ4n) is 1.54. The van der Waals surface area contributed by atoms with Crippen LogP contribution < -0.4 is 5.73 Å². The Balaban J connectivity index is 2.39. The van der Waals surface area contributed by atoms with Gasteiger partial charge in [0, 0.05) is 13.5 Å². The van der Waals surface area contributed by atoms with Gasteiger partial charge in [-0.3, -0.25) is 0 Å². The van der Waals surface area contributed by atoms with Crippen LogP contribution in [-0.4, -0.2) is 20.6 Å². The van der Waals surface area contributed by atoms with Gasteiger partial charge in [-0.2, -0.15) is 0 Å². The number of rotatable bonds is 2. The second-order valence-corrected chi connectivity index (χ2v) is 3.45. The smallest absolute Gasteiger partial charge is 0.143 e. The zero-order valence-electron chi connectivity index (χ0n) is 8.38. The van der Waals surface area contributed by atoms with Crippen LogP contribution in [0.25, 0.3) is 11.0 Å². The Labute approximate surface area is 86.8 Å². The van der Waals surface area contributed by atoms with Gasteiger partial charge in [-0.25, -0.2) is 4.98 Å². The Hall–Kier alpha value is -2.04. The first kappa shape index (κ1) is 9.51. The van der Waals surface area contributed by atoms with E-state index in [1.807, 2.05) is 29.8 Å². The molecule has 0 saturated heterocycles. The molecular formula is C10H12N4O. The van der Waals surface area contributed by atoms with E-state index in [0.717, 1.165) is 16.6 Å². The van der Waals surface area contributed by atoms with E-state index in [1.54, 1.807) is 6.33 Å². The van der Waals surface area contributed by atoms with Gasteiger partial charge < -0.3 is 15.5 Å². The summed E-state index contributed by atoms with van der Waals surface area (Å²) in [6.45, 7) is 0. The van der Waals surface area contributed by atoms with Gasteiger partial charge in [0.05, 0.1) is 17.4 Å². The van der Waals surface area contributed by atoms with Crippen LogP contribution in [0.5, 0.6) is 0 Å². The zero-order chi connectivity index (χ0) is 10.8. The lowest BCUT2D eigenvalue weighted by atomic mass is 10.1.